The second-order valence-electron chi connectivity index (χ2n) is 16.3. The SMILES string of the molecule is C1=CC2C(c3ccccc3N2c2cccc(-c3ccccc3)c2)c2c1oc1cccc(-c3nc(-c4ccc(-c5ccccc5)cc4)nc(-n4c5ccccc5c5ccccc54)n3)c21. The van der Waals surface area contributed by atoms with E-state index in [1.807, 2.05) is 6.07 Å². The molecule has 63 heavy (non-hydrogen) atoms. The summed E-state index contributed by atoms with van der Waals surface area (Å²) in [7, 11) is 0. The maximum atomic E-state index is 6.80. The van der Waals surface area contributed by atoms with Gasteiger partial charge in [-0.25, -0.2) is 4.98 Å². The highest BCUT2D eigenvalue weighted by molar-refractivity contribution is 6.09. The van der Waals surface area contributed by atoms with Crippen LogP contribution in [0.4, 0.5) is 11.4 Å². The van der Waals surface area contributed by atoms with E-state index in [1.54, 1.807) is 0 Å². The highest BCUT2D eigenvalue weighted by Crippen LogP contribution is 2.54. The van der Waals surface area contributed by atoms with Crippen LogP contribution < -0.4 is 4.90 Å². The summed E-state index contributed by atoms with van der Waals surface area (Å²) in [6.45, 7) is 0. The van der Waals surface area contributed by atoms with Crippen LogP contribution in [0.5, 0.6) is 0 Å². The summed E-state index contributed by atoms with van der Waals surface area (Å²) >= 11 is 0. The zero-order valence-electron chi connectivity index (χ0n) is 34.0. The highest BCUT2D eigenvalue weighted by atomic mass is 16.3. The van der Waals surface area contributed by atoms with Crippen molar-refractivity contribution in [3.05, 3.63) is 223 Å². The molecule has 0 amide bonds. The Bertz CT molecular complexity index is 3530. The number of aromatic nitrogens is 4. The number of nitrogens with zero attached hydrogens (tertiary/aromatic N) is 5. The van der Waals surface area contributed by atoms with Gasteiger partial charge < -0.3 is 9.32 Å². The molecule has 0 saturated heterocycles. The Morgan fingerprint density at radius 1 is 0.476 bits per heavy atom. The van der Waals surface area contributed by atoms with Crippen molar-refractivity contribution in [1.29, 1.82) is 0 Å². The van der Waals surface area contributed by atoms with Gasteiger partial charge in [0.2, 0.25) is 5.95 Å². The topological polar surface area (TPSA) is 60.0 Å². The Morgan fingerprint density at radius 2 is 1.08 bits per heavy atom. The molecule has 13 rings (SSSR count). The van der Waals surface area contributed by atoms with E-state index in [2.05, 4.69) is 216 Å². The van der Waals surface area contributed by atoms with Gasteiger partial charge in [0.05, 0.1) is 17.1 Å². The van der Waals surface area contributed by atoms with E-state index < -0.39 is 0 Å². The lowest BCUT2D eigenvalue weighted by atomic mass is 9.81. The molecule has 3 aromatic heterocycles. The van der Waals surface area contributed by atoms with Gasteiger partial charge in [0.25, 0.3) is 0 Å². The van der Waals surface area contributed by atoms with Gasteiger partial charge in [-0.2, -0.15) is 9.97 Å². The first kappa shape index (κ1) is 35.4. The summed E-state index contributed by atoms with van der Waals surface area (Å²) in [6, 6.07) is 70.5. The second kappa shape index (κ2) is 14.1. The van der Waals surface area contributed by atoms with Gasteiger partial charge >= 0.3 is 0 Å². The predicted octanol–water partition coefficient (Wildman–Crippen LogP) is 14.1. The highest BCUT2D eigenvalue weighted by Gasteiger charge is 2.44. The molecule has 4 heterocycles. The summed E-state index contributed by atoms with van der Waals surface area (Å²) < 4.78 is 8.98. The van der Waals surface area contributed by atoms with Crippen molar-refractivity contribution < 1.29 is 4.42 Å². The molecule has 1 aliphatic carbocycles. The summed E-state index contributed by atoms with van der Waals surface area (Å²) in [5.41, 5.74) is 14.1. The Labute approximate surface area is 363 Å². The van der Waals surface area contributed by atoms with Crippen molar-refractivity contribution in [2.75, 3.05) is 4.90 Å². The van der Waals surface area contributed by atoms with E-state index in [4.69, 9.17) is 19.4 Å². The fourth-order valence-electron chi connectivity index (χ4n) is 10.1. The Morgan fingerprint density at radius 3 is 1.84 bits per heavy atom. The van der Waals surface area contributed by atoms with Crippen molar-refractivity contribution in [2.24, 2.45) is 0 Å². The number of furan rings is 1. The van der Waals surface area contributed by atoms with E-state index >= 15 is 0 Å². The van der Waals surface area contributed by atoms with Crippen molar-refractivity contribution in [1.82, 2.24) is 19.5 Å². The molecule has 8 aromatic carbocycles. The third-order valence-electron chi connectivity index (χ3n) is 12.8. The van der Waals surface area contributed by atoms with Crippen LogP contribution in [0.25, 0.3) is 89.8 Å². The normalized spacial score (nSPS) is 15.2. The largest absolute Gasteiger partial charge is 0.456 e. The lowest BCUT2D eigenvalue weighted by Gasteiger charge is -2.30. The van der Waals surface area contributed by atoms with Crippen molar-refractivity contribution in [2.45, 2.75) is 12.0 Å². The van der Waals surface area contributed by atoms with Gasteiger partial charge in [0, 0.05) is 50.1 Å². The molecule has 0 bridgehead atoms. The third kappa shape index (κ3) is 5.62. The molecule has 2 atom stereocenters. The monoisotopic (exact) mass is 807 g/mol. The number of anilines is 2. The number of hydrogen-bond donors (Lipinski definition) is 0. The van der Waals surface area contributed by atoms with Crippen LogP contribution >= 0.6 is 0 Å². The minimum atomic E-state index is -0.00683. The van der Waals surface area contributed by atoms with Crippen molar-refractivity contribution >= 4 is 50.2 Å². The molecule has 6 heteroatoms. The van der Waals surface area contributed by atoms with Gasteiger partial charge in [-0.1, -0.05) is 170 Å². The quantitative estimate of drug-likeness (QED) is 0.167. The molecule has 11 aromatic rings. The van der Waals surface area contributed by atoms with E-state index in [-0.39, 0.29) is 12.0 Å². The summed E-state index contributed by atoms with van der Waals surface area (Å²) in [6.07, 6.45) is 4.47. The minimum Gasteiger partial charge on any atom is -0.456 e. The summed E-state index contributed by atoms with van der Waals surface area (Å²) in [5.74, 6) is 2.60. The van der Waals surface area contributed by atoms with Crippen LogP contribution in [0, 0.1) is 0 Å². The van der Waals surface area contributed by atoms with Crippen LogP contribution in [-0.4, -0.2) is 25.6 Å². The molecule has 2 unspecified atom stereocenters. The number of rotatable bonds is 6. The molecule has 1 aliphatic heterocycles. The molecule has 0 radical (unpaired) electrons. The smallest absolute Gasteiger partial charge is 0.238 e. The fourth-order valence-corrected chi connectivity index (χ4v) is 10.1. The van der Waals surface area contributed by atoms with Crippen LogP contribution in [0.3, 0.4) is 0 Å². The summed E-state index contributed by atoms with van der Waals surface area (Å²) in [4.78, 5) is 18.5. The van der Waals surface area contributed by atoms with E-state index in [0.29, 0.717) is 17.6 Å². The number of para-hydroxylation sites is 3. The van der Waals surface area contributed by atoms with Gasteiger partial charge in [-0.15, -0.1) is 0 Å². The molecule has 296 valence electrons. The molecular formula is C57H37N5O. The van der Waals surface area contributed by atoms with Gasteiger partial charge in [-0.05, 0) is 70.3 Å². The lowest BCUT2D eigenvalue weighted by molar-refractivity contribution is 0.584. The molecule has 6 nitrogen and oxygen atoms in total. The molecule has 0 N–H and O–H groups in total. The van der Waals surface area contributed by atoms with E-state index in [1.165, 1.54) is 22.4 Å². The zero-order valence-corrected chi connectivity index (χ0v) is 34.0. The minimum absolute atomic E-state index is 0.00683. The van der Waals surface area contributed by atoms with Gasteiger partial charge in [0.15, 0.2) is 11.6 Å². The molecule has 2 aliphatic rings. The first-order chi connectivity index (χ1) is 31.2. The molecular weight excluding hydrogens is 771 g/mol. The average Bonchev–Trinajstić information content (AvgIpc) is 4.02. The predicted molar refractivity (Wildman–Crippen MR) is 255 cm³/mol. The number of fused-ring (bicyclic) bond motifs is 10. The number of hydrogen-bond acceptors (Lipinski definition) is 5. The maximum Gasteiger partial charge on any atom is 0.238 e. The van der Waals surface area contributed by atoms with Gasteiger partial charge in [-0.3, -0.25) is 4.57 Å². The van der Waals surface area contributed by atoms with E-state index in [0.717, 1.165) is 72.0 Å². The lowest BCUT2D eigenvalue weighted by Crippen LogP contribution is -2.30. The second-order valence-corrected chi connectivity index (χ2v) is 16.3. The standard InChI is InChI=1S/C57H37N5O/c1-3-15-36(16-4-1)38-29-31-39(32-30-38)55-58-56(60-57(59-55)62-46-25-10-7-21-42(46)43-22-8-11-26-47(43)62)45-24-14-28-50-53(45)54-51(63-50)34-33-49-52(54)44-23-9-12-27-48(44)61(49)41-20-13-19-40(35-41)37-17-5-2-6-18-37/h1-35,49,52H. The van der Waals surface area contributed by atoms with Crippen molar-refractivity contribution in [3.63, 3.8) is 0 Å². The van der Waals surface area contributed by atoms with Crippen LogP contribution in [0.1, 0.15) is 22.8 Å². The Hall–Kier alpha value is -8.35. The van der Waals surface area contributed by atoms with Crippen molar-refractivity contribution in [3.8, 4) is 51.0 Å². The molecule has 0 saturated carbocycles. The number of benzene rings is 8. The van der Waals surface area contributed by atoms with Crippen LogP contribution in [-0.2, 0) is 0 Å². The van der Waals surface area contributed by atoms with E-state index in [9.17, 15) is 0 Å². The Kier molecular flexibility index (Phi) is 7.93. The third-order valence-corrected chi connectivity index (χ3v) is 12.8. The first-order valence-electron chi connectivity index (χ1n) is 21.4. The van der Waals surface area contributed by atoms with Crippen LogP contribution in [0.15, 0.2) is 211 Å². The van der Waals surface area contributed by atoms with Gasteiger partial charge in [0.1, 0.15) is 11.3 Å². The van der Waals surface area contributed by atoms with Crippen LogP contribution in [0.2, 0.25) is 0 Å². The molecule has 0 fully saturated rings. The first-order valence-corrected chi connectivity index (χ1v) is 21.4. The molecule has 0 spiro atoms. The fraction of sp³-hybridized carbons (Fsp3) is 0.0351. The average molecular weight is 808 g/mol. The maximum absolute atomic E-state index is 6.80. The zero-order chi connectivity index (χ0) is 41.4. The summed E-state index contributed by atoms with van der Waals surface area (Å²) in [5, 5.41) is 3.31. The Balaban J connectivity index is 1.01.